The fourth-order valence-corrected chi connectivity index (χ4v) is 3.16. The number of halogens is 2. The number of aromatic nitrogens is 2. The van der Waals surface area contributed by atoms with Crippen LogP contribution in [0.1, 0.15) is 6.42 Å². The fourth-order valence-electron chi connectivity index (χ4n) is 2.90. The van der Waals surface area contributed by atoms with Gasteiger partial charge in [0, 0.05) is 41.6 Å². The molecule has 28 heavy (non-hydrogen) atoms. The maximum atomic E-state index is 14.6. The van der Waals surface area contributed by atoms with E-state index in [2.05, 4.69) is 32.9 Å². The van der Waals surface area contributed by atoms with E-state index < -0.39 is 0 Å². The van der Waals surface area contributed by atoms with E-state index in [1.165, 1.54) is 6.07 Å². The van der Waals surface area contributed by atoms with Crippen LogP contribution in [0.5, 0.6) is 5.75 Å². The molecule has 146 valence electrons. The number of nitrogens with one attached hydrogen (secondary N) is 1. The van der Waals surface area contributed by atoms with Gasteiger partial charge in [-0.2, -0.15) is 5.10 Å². The summed E-state index contributed by atoms with van der Waals surface area (Å²) in [5.74, 6) is -0.133. The van der Waals surface area contributed by atoms with Crippen LogP contribution in [0.4, 0.5) is 4.39 Å². The van der Waals surface area contributed by atoms with Gasteiger partial charge < -0.3 is 10.1 Å². The number of benzene rings is 2. The number of ether oxygens (including phenoxy) is 1. The lowest BCUT2D eigenvalue weighted by Gasteiger charge is -2.07. The molecule has 3 rings (SSSR count). The highest BCUT2D eigenvalue weighted by molar-refractivity contribution is 9.10. The second-order valence-electron chi connectivity index (χ2n) is 6.33. The number of hydrogen-bond donors (Lipinski definition) is 1. The number of aryl methyl sites for hydroxylation is 1. The SMILES string of the molecule is C=CCNC/C=C/CCOc1cc2c(cc1F)c(-c1ccc(Br)cc1)nn2C. The molecular weight excluding hydrogens is 421 g/mol. The smallest absolute Gasteiger partial charge is 0.165 e. The Bertz CT molecular complexity index is 980. The largest absolute Gasteiger partial charge is 0.490 e. The van der Waals surface area contributed by atoms with Gasteiger partial charge in [0.05, 0.1) is 12.1 Å². The Balaban J connectivity index is 1.72. The molecule has 0 fully saturated rings. The lowest BCUT2D eigenvalue weighted by Crippen LogP contribution is -2.12. The monoisotopic (exact) mass is 443 g/mol. The van der Waals surface area contributed by atoms with E-state index in [4.69, 9.17) is 4.74 Å². The van der Waals surface area contributed by atoms with Gasteiger partial charge >= 0.3 is 0 Å². The molecule has 0 unspecified atom stereocenters. The molecule has 1 heterocycles. The minimum Gasteiger partial charge on any atom is -0.490 e. The van der Waals surface area contributed by atoms with E-state index in [1.807, 2.05) is 49.5 Å². The van der Waals surface area contributed by atoms with Gasteiger partial charge in [-0.05, 0) is 24.6 Å². The molecule has 6 heteroatoms. The molecule has 0 saturated carbocycles. The minimum absolute atomic E-state index is 0.246. The second-order valence-corrected chi connectivity index (χ2v) is 7.25. The average Bonchev–Trinajstić information content (AvgIpc) is 3.00. The van der Waals surface area contributed by atoms with E-state index in [-0.39, 0.29) is 11.6 Å². The van der Waals surface area contributed by atoms with Crippen molar-refractivity contribution in [3.63, 3.8) is 0 Å². The van der Waals surface area contributed by atoms with Crippen molar-refractivity contribution in [3.8, 4) is 17.0 Å². The third-order valence-electron chi connectivity index (χ3n) is 4.28. The van der Waals surface area contributed by atoms with E-state index in [9.17, 15) is 4.39 Å². The first-order valence-electron chi connectivity index (χ1n) is 9.11. The number of fused-ring (bicyclic) bond motifs is 1. The zero-order chi connectivity index (χ0) is 19.9. The van der Waals surface area contributed by atoms with Crippen LogP contribution in [0.3, 0.4) is 0 Å². The van der Waals surface area contributed by atoms with E-state index >= 15 is 0 Å². The van der Waals surface area contributed by atoms with Crippen molar-refractivity contribution in [1.82, 2.24) is 15.1 Å². The van der Waals surface area contributed by atoms with Crippen LogP contribution >= 0.6 is 15.9 Å². The van der Waals surface area contributed by atoms with Gasteiger partial charge in [-0.25, -0.2) is 4.39 Å². The van der Waals surface area contributed by atoms with Gasteiger partial charge in [0.2, 0.25) is 0 Å². The Labute approximate surface area is 172 Å². The third kappa shape index (κ3) is 4.88. The summed E-state index contributed by atoms with van der Waals surface area (Å²) in [6.45, 7) is 5.62. The number of hydrogen-bond acceptors (Lipinski definition) is 3. The lowest BCUT2D eigenvalue weighted by atomic mass is 10.1. The molecule has 0 saturated heterocycles. The number of rotatable bonds is 9. The van der Waals surface area contributed by atoms with Crippen molar-refractivity contribution in [3.05, 3.63) is 71.5 Å². The van der Waals surface area contributed by atoms with Crippen molar-refractivity contribution >= 4 is 26.8 Å². The summed E-state index contributed by atoms with van der Waals surface area (Å²) in [5, 5.41) is 8.52. The van der Waals surface area contributed by atoms with Crippen LogP contribution in [0, 0.1) is 5.82 Å². The summed E-state index contributed by atoms with van der Waals surface area (Å²) in [7, 11) is 1.85. The van der Waals surface area contributed by atoms with Gasteiger partial charge in [-0.15, -0.1) is 6.58 Å². The highest BCUT2D eigenvalue weighted by Crippen LogP contribution is 2.32. The predicted octanol–water partition coefficient (Wildman–Crippen LogP) is 5.24. The molecule has 0 spiro atoms. The standard InChI is InChI=1S/C22H23BrFN3O/c1-3-11-25-12-5-4-6-13-28-21-15-20-18(14-19(21)24)22(26-27(20)2)16-7-9-17(23)10-8-16/h3-5,7-10,14-15,25H,1,6,11-13H2,2H3/b5-4+. The summed E-state index contributed by atoms with van der Waals surface area (Å²) in [5.41, 5.74) is 2.53. The van der Waals surface area contributed by atoms with Crippen LogP contribution in [0.25, 0.3) is 22.2 Å². The first-order chi connectivity index (χ1) is 13.6. The molecular formula is C22H23BrFN3O. The van der Waals surface area contributed by atoms with Crippen LogP contribution in [-0.4, -0.2) is 29.5 Å². The topological polar surface area (TPSA) is 39.1 Å². The van der Waals surface area contributed by atoms with E-state index in [0.29, 0.717) is 13.0 Å². The molecule has 0 bridgehead atoms. The van der Waals surface area contributed by atoms with E-state index in [0.717, 1.165) is 39.7 Å². The molecule has 0 atom stereocenters. The van der Waals surface area contributed by atoms with Crippen molar-refractivity contribution in [2.24, 2.45) is 7.05 Å². The summed E-state index contributed by atoms with van der Waals surface area (Å²) in [6.07, 6.45) is 6.57. The molecule has 1 aromatic heterocycles. The van der Waals surface area contributed by atoms with Gasteiger partial charge in [-0.3, -0.25) is 4.68 Å². The first-order valence-corrected chi connectivity index (χ1v) is 9.91. The minimum atomic E-state index is -0.379. The van der Waals surface area contributed by atoms with Crippen molar-refractivity contribution in [2.75, 3.05) is 19.7 Å². The molecule has 0 aliphatic carbocycles. The van der Waals surface area contributed by atoms with Crippen LogP contribution in [0.15, 0.2) is 65.7 Å². The zero-order valence-corrected chi connectivity index (χ0v) is 17.4. The Morgan fingerprint density at radius 3 is 2.75 bits per heavy atom. The fraction of sp³-hybridized carbons (Fsp3) is 0.227. The Morgan fingerprint density at radius 2 is 2.00 bits per heavy atom. The third-order valence-corrected chi connectivity index (χ3v) is 4.81. The predicted molar refractivity (Wildman–Crippen MR) is 116 cm³/mol. The van der Waals surface area contributed by atoms with Crippen LogP contribution < -0.4 is 10.1 Å². The van der Waals surface area contributed by atoms with E-state index in [1.54, 1.807) is 10.7 Å². The molecule has 0 amide bonds. The van der Waals surface area contributed by atoms with Crippen LogP contribution in [0.2, 0.25) is 0 Å². The molecule has 0 aliphatic rings. The summed E-state index contributed by atoms with van der Waals surface area (Å²) < 4.78 is 23.0. The maximum Gasteiger partial charge on any atom is 0.165 e. The van der Waals surface area contributed by atoms with Gasteiger partial charge in [0.1, 0.15) is 5.69 Å². The maximum absolute atomic E-state index is 14.6. The van der Waals surface area contributed by atoms with Crippen LogP contribution in [-0.2, 0) is 7.05 Å². The summed E-state index contributed by atoms with van der Waals surface area (Å²) in [6, 6.07) is 11.0. The van der Waals surface area contributed by atoms with Gasteiger partial charge in [0.15, 0.2) is 11.6 Å². The average molecular weight is 444 g/mol. The molecule has 2 aromatic carbocycles. The van der Waals surface area contributed by atoms with Crippen molar-refractivity contribution in [1.29, 1.82) is 0 Å². The molecule has 4 nitrogen and oxygen atoms in total. The number of nitrogens with zero attached hydrogens (tertiary/aromatic N) is 2. The highest BCUT2D eigenvalue weighted by atomic mass is 79.9. The first kappa shape index (κ1) is 20.3. The van der Waals surface area contributed by atoms with Gasteiger partial charge in [0.25, 0.3) is 0 Å². The van der Waals surface area contributed by atoms with Gasteiger partial charge in [-0.1, -0.05) is 46.3 Å². The second kappa shape index (κ2) is 9.66. The molecule has 3 aromatic rings. The summed E-state index contributed by atoms with van der Waals surface area (Å²) in [4.78, 5) is 0. The zero-order valence-electron chi connectivity index (χ0n) is 15.8. The summed E-state index contributed by atoms with van der Waals surface area (Å²) >= 11 is 3.43. The quantitative estimate of drug-likeness (QED) is 0.362. The Kier molecular flexibility index (Phi) is 7.01. The van der Waals surface area contributed by atoms with Crippen molar-refractivity contribution < 1.29 is 9.13 Å². The molecule has 0 radical (unpaired) electrons. The lowest BCUT2D eigenvalue weighted by molar-refractivity contribution is 0.308. The highest BCUT2D eigenvalue weighted by Gasteiger charge is 2.15. The Morgan fingerprint density at radius 1 is 1.21 bits per heavy atom. The van der Waals surface area contributed by atoms with Crippen molar-refractivity contribution in [2.45, 2.75) is 6.42 Å². The molecule has 0 aliphatic heterocycles. The molecule has 1 N–H and O–H groups in total. The Hall–Kier alpha value is -2.44. The normalized spacial score (nSPS) is 11.4.